The van der Waals surface area contributed by atoms with Crippen LogP contribution in [0.3, 0.4) is 0 Å². The van der Waals surface area contributed by atoms with Crippen LogP contribution in [0.15, 0.2) is 24.3 Å². The fraction of sp³-hybridized carbons (Fsp3) is 0.579. The lowest BCUT2D eigenvalue weighted by Gasteiger charge is -2.26. The minimum Gasteiger partial charge on any atom is -0.374 e. The molecule has 1 atom stereocenters. The molecule has 7 heteroatoms. The zero-order valence-corrected chi connectivity index (χ0v) is 16.1. The van der Waals surface area contributed by atoms with Crippen LogP contribution in [-0.4, -0.2) is 60.1 Å². The van der Waals surface area contributed by atoms with Crippen molar-refractivity contribution in [3.05, 3.63) is 29.8 Å². The third-order valence-corrected chi connectivity index (χ3v) is 5.64. The van der Waals surface area contributed by atoms with Crippen molar-refractivity contribution in [2.45, 2.75) is 38.3 Å². The normalized spacial score (nSPS) is 18.8. The van der Waals surface area contributed by atoms with E-state index in [1.165, 1.54) is 30.2 Å². The van der Waals surface area contributed by atoms with Crippen molar-refractivity contribution in [2.24, 2.45) is 0 Å². The van der Waals surface area contributed by atoms with E-state index in [4.69, 9.17) is 0 Å². The van der Waals surface area contributed by atoms with Crippen LogP contribution < -0.4 is 16.0 Å². The van der Waals surface area contributed by atoms with Crippen LogP contribution in [0.2, 0.25) is 0 Å². The monoisotopic (exact) mass is 376 g/mol. The van der Waals surface area contributed by atoms with E-state index < -0.39 is 12.1 Å². The maximum atomic E-state index is 12.1. The maximum absolute atomic E-state index is 12.1. The van der Waals surface area contributed by atoms with Crippen LogP contribution in [0, 0.1) is 0 Å². The van der Waals surface area contributed by atoms with Gasteiger partial charge in [-0.25, -0.2) is 4.79 Å². The second kappa shape index (κ2) is 9.28. The summed E-state index contributed by atoms with van der Waals surface area (Å²) in [5.41, 5.74) is 2.18. The van der Waals surface area contributed by atoms with Gasteiger partial charge >= 0.3 is 6.03 Å². The van der Waals surface area contributed by atoms with Gasteiger partial charge in [-0.15, -0.1) is 0 Å². The smallest absolute Gasteiger partial charge is 0.321 e. The van der Waals surface area contributed by atoms with E-state index in [-0.39, 0.29) is 11.9 Å². The molecule has 6 nitrogen and oxygen atoms in total. The number of hydrogen-bond acceptors (Lipinski definition) is 5. The van der Waals surface area contributed by atoms with E-state index in [1.807, 2.05) is 23.9 Å². The van der Waals surface area contributed by atoms with Crippen molar-refractivity contribution in [3.63, 3.8) is 0 Å². The molecule has 1 heterocycles. The number of rotatable bonds is 7. The van der Waals surface area contributed by atoms with Crippen molar-refractivity contribution >= 4 is 29.4 Å². The molecule has 0 radical (unpaired) electrons. The van der Waals surface area contributed by atoms with Crippen LogP contribution >= 0.6 is 11.8 Å². The topological polar surface area (TPSA) is 73.5 Å². The van der Waals surface area contributed by atoms with Gasteiger partial charge in [0.2, 0.25) is 5.91 Å². The Kier molecular flexibility index (Phi) is 6.80. The van der Waals surface area contributed by atoms with Crippen LogP contribution in [0.5, 0.6) is 0 Å². The van der Waals surface area contributed by atoms with Crippen molar-refractivity contribution in [1.82, 2.24) is 15.5 Å². The standard InChI is InChI=1S/C19H28N4O2S/c1-14(18(24)22-19(25)21-17-6-7-17)20-16-4-2-15(3-5-16)8-9-23-10-12-26-13-11-23/h2-5,14,17,20H,6-13H2,1H3,(H2,21,22,24,25)/t14-/m1/s1. The molecule has 2 aliphatic rings. The Labute approximate surface area is 159 Å². The number of urea groups is 1. The molecule has 3 N–H and O–H groups in total. The van der Waals surface area contributed by atoms with E-state index in [0.717, 1.165) is 31.5 Å². The minimum absolute atomic E-state index is 0.238. The maximum Gasteiger partial charge on any atom is 0.321 e. The molecule has 0 bridgehead atoms. The number of thioether (sulfide) groups is 1. The minimum atomic E-state index is -0.475. The van der Waals surface area contributed by atoms with Gasteiger partial charge in [0.1, 0.15) is 6.04 Å². The molecule has 1 saturated heterocycles. The van der Waals surface area contributed by atoms with E-state index in [9.17, 15) is 9.59 Å². The van der Waals surface area contributed by atoms with Gasteiger partial charge in [0.05, 0.1) is 0 Å². The van der Waals surface area contributed by atoms with Gasteiger partial charge in [-0.2, -0.15) is 11.8 Å². The molecule has 142 valence electrons. The number of hydrogen-bond donors (Lipinski definition) is 3. The zero-order valence-electron chi connectivity index (χ0n) is 15.3. The second-order valence-electron chi connectivity index (χ2n) is 7.00. The molecule has 1 aliphatic carbocycles. The van der Waals surface area contributed by atoms with Gasteiger partial charge in [-0.3, -0.25) is 10.1 Å². The Bertz CT molecular complexity index is 612. The molecule has 1 saturated carbocycles. The fourth-order valence-electron chi connectivity index (χ4n) is 2.86. The number of nitrogens with one attached hydrogen (secondary N) is 3. The molecular formula is C19H28N4O2S. The first-order valence-electron chi connectivity index (χ1n) is 9.37. The summed E-state index contributed by atoms with van der Waals surface area (Å²) >= 11 is 2.03. The molecule has 1 aromatic carbocycles. The van der Waals surface area contributed by atoms with Crippen LogP contribution in [-0.2, 0) is 11.2 Å². The summed E-state index contributed by atoms with van der Waals surface area (Å²) in [6.07, 6.45) is 3.04. The summed E-state index contributed by atoms with van der Waals surface area (Å²) in [4.78, 5) is 26.2. The molecular weight excluding hydrogens is 348 g/mol. The highest BCUT2D eigenvalue weighted by Gasteiger charge is 2.24. The Morgan fingerprint density at radius 1 is 1.19 bits per heavy atom. The van der Waals surface area contributed by atoms with Crippen molar-refractivity contribution < 1.29 is 9.59 Å². The first-order valence-corrected chi connectivity index (χ1v) is 10.5. The summed E-state index contributed by atoms with van der Waals surface area (Å²) in [7, 11) is 0. The zero-order chi connectivity index (χ0) is 18.4. The van der Waals surface area contributed by atoms with Crippen molar-refractivity contribution in [2.75, 3.05) is 36.5 Å². The first-order chi connectivity index (χ1) is 12.6. The lowest BCUT2D eigenvalue weighted by Crippen LogP contribution is -2.46. The van der Waals surface area contributed by atoms with Gasteiger partial charge < -0.3 is 15.5 Å². The Hall–Kier alpha value is -1.73. The number of imide groups is 1. The predicted octanol–water partition coefficient (Wildman–Crippen LogP) is 2.07. The number of carbonyl (C=O) groups excluding carboxylic acids is 2. The predicted molar refractivity (Wildman–Crippen MR) is 107 cm³/mol. The summed E-state index contributed by atoms with van der Waals surface area (Å²) in [6, 6.07) is 7.55. The number of nitrogens with zero attached hydrogens (tertiary/aromatic N) is 1. The number of amides is 3. The first kappa shape index (κ1) is 19.0. The fourth-order valence-corrected chi connectivity index (χ4v) is 3.84. The summed E-state index contributed by atoms with van der Waals surface area (Å²) < 4.78 is 0. The van der Waals surface area contributed by atoms with Gasteiger partial charge in [0.25, 0.3) is 0 Å². The Morgan fingerprint density at radius 2 is 1.88 bits per heavy atom. The summed E-state index contributed by atoms with van der Waals surface area (Å²) in [5.74, 6) is 2.15. The quantitative estimate of drug-likeness (QED) is 0.679. The van der Waals surface area contributed by atoms with Crippen LogP contribution in [0.25, 0.3) is 0 Å². The van der Waals surface area contributed by atoms with Crippen LogP contribution in [0.1, 0.15) is 25.3 Å². The van der Waals surface area contributed by atoms with E-state index in [1.54, 1.807) is 6.92 Å². The van der Waals surface area contributed by atoms with E-state index in [2.05, 4.69) is 33.0 Å². The van der Waals surface area contributed by atoms with Gasteiger partial charge in [-0.1, -0.05) is 12.1 Å². The van der Waals surface area contributed by atoms with Gasteiger partial charge in [0.15, 0.2) is 0 Å². The van der Waals surface area contributed by atoms with Crippen molar-refractivity contribution in [1.29, 1.82) is 0 Å². The van der Waals surface area contributed by atoms with Crippen LogP contribution in [0.4, 0.5) is 10.5 Å². The average molecular weight is 377 g/mol. The summed E-state index contributed by atoms with van der Waals surface area (Å²) in [6.45, 7) is 5.22. The van der Waals surface area contributed by atoms with Gasteiger partial charge in [0, 0.05) is 42.9 Å². The van der Waals surface area contributed by atoms with E-state index in [0.29, 0.717) is 0 Å². The second-order valence-corrected chi connectivity index (χ2v) is 8.23. The van der Waals surface area contributed by atoms with Gasteiger partial charge in [-0.05, 0) is 43.9 Å². The van der Waals surface area contributed by atoms with Crippen molar-refractivity contribution in [3.8, 4) is 0 Å². The lowest BCUT2D eigenvalue weighted by atomic mass is 10.1. The molecule has 1 aliphatic heterocycles. The number of anilines is 1. The number of carbonyl (C=O) groups is 2. The third kappa shape index (κ3) is 6.21. The third-order valence-electron chi connectivity index (χ3n) is 4.70. The molecule has 3 rings (SSSR count). The highest BCUT2D eigenvalue weighted by Crippen LogP contribution is 2.18. The number of benzene rings is 1. The Balaban J connectivity index is 1.40. The molecule has 1 aromatic rings. The Morgan fingerprint density at radius 3 is 2.54 bits per heavy atom. The molecule has 0 aromatic heterocycles. The largest absolute Gasteiger partial charge is 0.374 e. The average Bonchev–Trinajstić information content (AvgIpc) is 3.45. The molecule has 2 fully saturated rings. The highest BCUT2D eigenvalue weighted by molar-refractivity contribution is 7.99. The summed E-state index contributed by atoms with van der Waals surface area (Å²) in [5, 5.41) is 8.27. The SMILES string of the molecule is C[C@@H](Nc1ccc(CCN2CCSCC2)cc1)C(=O)NC(=O)NC1CC1. The highest BCUT2D eigenvalue weighted by atomic mass is 32.2. The molecule has 0 unspecified atom stereocenters. The molecule has 3 amide bonds. The van der Waals surface area contributed by atoms with E-state index >= 15 is 0 Å². The molecule has 26 heavy (non-hydrogen) atoms. The lowest BCUT2D eigenvalue weighted by molar-refractivity contribution is -0.120. The molecule has 0 spiro atoms.